The fourth-order valence-electron chi connectivity index (χ4n) is 16.0. The molecule has 3 aliphatic carbocycles. The van der Waals surface area contributed by atoms with Crippen molar-refractivity contribution in [2.24, 2.45) is 35.5 Å². The van der Waals surface area contributed by atoms with E-state index in [9.17, 15) is 45.3 Å². The number of aromatic amines is 1. The number of piperidine rings is 1. The first kappa shape index (κ1) is 50.6. The number of amides is 1. The molecule has 17 heteroatoms. The van der Waals surface area contributed by atoms with Crippen LogP contribution >= 0.6 is 0 Å². The van der Waals surface area contributed by atoms with Crippen LogP contribution < -0.4 is 20.8 Å². The summed E-state index contributed by atoms with van der Waals surface area (Å²) in [6.07, 6.45) is 3.18. The maximum atomic E-state index is 14.3. The highest BCUT2D eigenvalue weighted by Crippen LogP contribution is 2.62. The van der Waals surface area contributed by atoms with E-state index < -0.39 is 54.7 Å². The Morgan fingerprint density at radius 3 is 2.52 bits per heavy atom. The number of aromatic hydroxyl groups is 2. The predicted octanol–water partition coefficient (Wildman–Crippen LogP) is 5.40. The van der Waals surface area contributed by atoms with Gasteiger partial charge in [0.05, 0.1) is 17.5 Å². The van der Waals surface area contributed by atoms with Crippen LogP contribution in [0, 0.1) is 54.3 Å². The van der Waals surface area contributed by atoms with Gasteiger partial charge < -0.3 is 65.1 Å². The average Bonchev–Trinajstić information content (AvgIpc) is 4.39. The zero-order valence-corrected chi connectivity index (χ0v) is 43.3. The number of aryl methyl sites for hydroxylation is 2. The number of hydrogen-bond acceptors (Lipinski definition) is 14. The van der Waals surface area contributed by atoms with Crippen molar-refractivity contribution in [1.82, 2.24) is 20.2 Å². The number of nitrogens with zero attached hydrogens (tertiary/aromatic N) is 1. The van der Waals surface area contributed by atoms with Gasteiger partial charge in [-0.2, -0.15) is 0 Å². The first-order valence-electron chi connectivity index (χ1n) is 27.7. The molecule has 14 atom stereocenters. The van der Waals surface area contributed by atoms with Gasteiger partial charge in [-0.05, 0) is 129 Å². The van der Waals surface area contributed by atoms with E-state index in [1.807, 2.05) is 24.5 Å². The molecule has 406 valence electrons. The highest BCUT2D eigenvalue weighted by Gasteiger charge is 2.66. The largest absolute Gasteiger partial charge is 0.508 e. The van der Waals surface area contributed by atoms with Gasteiger partial charge >= 0.3 is 0 Å². The average molecular weight is 1050 g/mol. The number of H-pyrrole nitrogens is 1. The number of phenols is 2. The fraction of sp³-hybridized carbons (Fsp3) is 0.533. The highest BCUT2D eigenvalue weighted by molar-refractivity contribution is 5.93. The van der Waals surface area contributed by atoms with Gasteiger partial charge in [0, 0.05) is 90.2 Å². The minimum atomic E-state index is -2.62. The molecule has 17 nitrogen and oxygen atoms in total. The second kappa shape index (κ2) is 18.9. The third kappa shape index (κ3) is 8.11. The summed E-state index contributed by atoms with van der Waals surface area (Å²) < 4.78 is 16.8. The van der Waals surface area contributed by atoms with Crippen molar-refractivity contribution >= 4 is 38.6 Å². The molecule has 7 heterocycles. The molecule has 14 unspecified atom stereocenters. The van der Waals surface area contributed by atoms with E-state index in [0.29, 0.717) is 82.3 Å². The lowest BCUT2D eigenvalue weighted by Gasteiger charge is -2.64. The van der Waals surface area contributed by atoms with Gasteiger partial charge in [-0.15, -0.1) is 5.92 Å². The van der Waals surface area contributed by atoms with Gasteiger partial charge in [-0.3, -0.25) is 9.59 Å². The molecule has 3 aromatic heterocycles. The SMILES string of the molecule is CCc1c2cc[nH]c2cn1-c1c2c(cc3c(=O)cc(C)oc13)CC1OOC(C(O)(Cc3ccc(O)c4ccc(O)cc34)C(O)C(O)C(O)CO)C#CCC3CC4(CCCC4)NC4C3CC3CC4C1(CC3C1CNC(=O)C1)O2. The molecule has 0 radical (unpaired) electrons. The highest BCUT2D eigenvalue weighted by atomic mass is 17.2. The van der Waals surface area contributed by atoms with E-state index in [0.717, 1.165) is 61.5 Å². The van der Waals surface area contributed by atoms with Crippen molar-refractivity contribution in [2.45, 2.75) is 151 Å². The number of aliphatic hydroxyl groups is 5. The number of hydrogen-bond donors (Lipinski definition) is 10. The number of aromatic nitrogens is 2. The molecule has 7 aliphatic rings. The Morgan fingerprint density at radius 1 is 0.909 bits per heavy atom. The van der Waals surface area contributed by atoms with E-state index in [-0.39, 0.29) is 76.3 Å². The van der Waals surface area contributed by atoms with Crippen molar-refractivity contribution in [3.05, 3.63) is 93.7 Å². The van der Waals surface area contributed by atoms with Gasteiger partial charge in [0.15, 0.2) is 22.9 Å². The summed E-state index contributed by atoms with van der Waals surface area (Å²) in [6, 6.07) is 12.6. The van der Waals surface area contributed by atoms with Gasteiger partial charge in [-0.1, -0.05) is 31.8 Å². The Kier molecular flexibility index (Phi) is 12.4. The number of nitrogens with one attached hydrogen (secondary N) is 3. The molecule has 10 N–H and O–H groups in total. The first-order chi connectivity index (χ1) is 37.1. The summed E-state index contributed by atoms with van der Waals surface area (Å²) in [7, 11) is 0. The Hall–Kier alpha value is -5.94. The standard InChI is InChI=1S/C60H68N4O13/c1-3-45-38-13-16-61-44(38)28-64(45)53-55-34(19-41-47(68)17-30(2)74-56(41)53)21-50-60(75-55)26-42(35-22-51(70)62-27-35)33-18-40-31(24-58(14-4-5-15-58)63-52(40)43(60)20-33)7-6-8-49(76-77-50)59(73,57(72)54(71)48(69)29-65)25-32-9-12-46(67)37-11-10-36(66)23-39(32)37/h9-13,16-17,19,23,28,31,33,35,40,42-43,48-50,52,54,57,61,63,65-67,69,71-73H,3-5,7,14-15,18,20-22,24-27,29H2,1-2H3,(H,62,70). The van der Waals surface area contributed by atoms with Gasteiger partial charge in [0.2, 0.25) is 5.91 Å². The lowest BCUT2D eigenvalue weighted by molar-refractivity contribution is -0.397. The molecule has 13 rings (SSSR count). The van der Waals surface area contributed by atoms with Crippen molar-refractivity contribution in [3.8, 4) is 34.8 Å². The monoisotopic (exact) mass is 1050 g/mol. The van der Waals surface area contributed by atoms with Crippen LogP contribution in [0.3, 0.4) is 0 Å². The van der Waals surface area contributed by atoms with Gasteiger partial charge in [0.1, 0.15) is 58.6 Å². The maximum absolute atomic E-state index is 14.3. The van der Waals surface area contributed by atoms with Gasteiger partial charge in [-0.25, -0.2) is 9.78 Å². The molecular formula is C60H68N4O13. The molecule has 2 saturated heterocycles. The third-order valence-corrected chi connectivity index (χ3v) is 19.6. The van der Waals surface area contributed by atoms with Crippen LogP contribution in [0.25, 0.3) is 38.3 Å². The van der Waals surface area contributed by atoms with Crippen LogP contribution in [-0.2, 0) is 33.8 Å². The van der Waals surface area contributed by atoms with E-state index in [1.165, 1.54) is 36.4 Å². The summed E-state index contributed by atoms with van der Waals surface area (Å²) in [6.45, 7) is 3.44. The molecule has 3 saturated carbocycles. The molecular weight excluding hydrogens is 985 g/mol. The summed E-state index contributed by atoms with van der Waals surface area (Å²) in [5.74, 6) is 7.62. The summed E-state index contributed by atoms with van der Waals surface area (Å²) >= 11 is 0. The molecule has 2 spiro atoms. The number of fused-ring (bicyclic) bond motifs is 5. The van der Waals surface area contributed by atoms with E-state index >= 15 is 0 Å². The Balaban J connectivity index is 1.04. The lowest BCUT2D eigenvalue weighted by Crippen LogP contribution is -2.73. The number of rotatable bonds is 10. The van der Waals surface area contributed by atoms with E-state index in [2.05, 4.69) is 38.9 Å². The number of ether oxygens (including phenoxy) is 1. The molecule has 6 aromatic rings. The Morgan fingerprint density at radius 2 is 1.74 bits per heavy atom. The number of benzene rings is 3. The van der Waals surface area contributed by atoms with Crippen molar-refractivity contribution in [1.29, 1.82) is 0 Å². The van der Waals surface area contributed by atoms with Crippen molar-refractivity contribution in [3.63, 3.8) is 0 Å². The minimum absolute atomic E-state index is 0.000272. The van der Waals surface area contributed by atoms with E-state index in [4.69, 9.17) is 18.9 Å². The second-order valence-electron chi connectivity index (χ2n) is 23.9. The van der Waals surface area contributed by atoms with E-state index in [1.54, 1.807) is 6.92 Å². The Labute approximate surface area is 444 Å². The van der Waals surface area contributed by atoms with Crippen LogP contribution in [0.15, 0.2) is 70.1 Å². The zero-order chi connectivity index (χ0) is 53.3. The molecule has 3 aromatic carbocycles. The predicted molar refractivity (Wildman–Crippen MR) is 283 cm³/mol. The molecule has 5 bridgehead atoms. The summed E-state index contributed by atoms with van der Waals surface area (Å²) in [5.41, 5.74) is -0.395. The Bertz CT molecular complexity index is 3440. The first-order valence-corrected chi connectivity index (χ1v) is 27.7. The molecule has 5 fully saturated rings. The number of phenolic OH excluding ortho intramolecular Hbond substituents is 2. The third-order valence-electron chi connectivity index (χ3n) is 19.6. The van der Waals surface area contributed by atoms with Crippen LogP contribution in [0.5, 0.6) is 17.2 Å². The summed E-state index contributed by atoms with van der Waals surface area (Å²) in [5, 5.41) is 89.6. The van der Waals surface area contributed by atoms with Crippen LogP contribution in [-0.4, -0.2) is 118 Å². The number of carbonyl (C=O) groups is 1. The van der Waals surface area contributed by atoms with Crippen LogP contribution in [0.2, 0.25) is 0 Å². The summed E-state index contributed by atoms with van der Waals surface area (Å²) in [4.78, 5) is 44.6. The molecule has 1 amide bonds. The second-order valence-corrected chi connectivity index (χ2v) is 23.9. The molecule has 77 heavy (non-hydrogen) atoms. The quantitative estimate of drug-likeness (QED) is 0.0609. The lowest BCUT2D eigenvalue weighted by atomic mass is 9.48. The number of carbonyl (C=O) groups excluding carboxylic acids is 1. The maximum Gasteiger partial charge on any atom is 0.220 e. The van der Waals surface area contributed by atoms with Gasteiger partial charge in [0.25, 0.3) is 0 Å². The number of aliphatic hydroxyl groups excluding tert-OH is 4. The smallest absolute Gasteiger partial charge is 0.220 e. The molecule has 4 aliphatic heterocycles. The van der Waals surface area contributed by atoms with Crippen molar-refractivity contribution < 1.29 is 59.5 Å². The topological polar surface area (TPSA) is 261 Å². The fourth-order valence-corrected chi connectivity index (χ4v) is 16.0. The normalized spacial score (nSPS) is 31.3. The van der Waals surface area contributed by atoms with Crippen LogP contribution in [0.1, 0.15) is 93.7 Å². The van der Waals surface area contributed by atoms with Crippen LogP contribution in [0.4, 0.5) is 0 Å². The minimum Gasteiger partial charge on any atom is -0.508 e. The van der Waals surface area contributed by atoms with Crippen molar-refractivity contribution in [2.75, 3.05) is 13.2 Å². The zero-order valence-electron chi connectivity index (χ0n) is 43.3.